The average Bonchev–Trinajstić information content (AvgIpc) is 2.62. The van der Waals surface area contributed by atoms with E-state index < -0.39 is 0 Å². The highest BCUT2D eigenvalue weighted by Gasteiger charge is 2.29. The Bertz CT molecular complexity index is 569. The Morgan fingerprint density at radius 2 is 1.95 bits per heavy atom. The van der Waals surface area contributed by atoms with Gasteiger partial charge in [0.05, 0.1) is 5.56 Å². The van der Waals surface area contributed by atoms with Crippen molar-refractivity contribution in [3.63, 3.8) is 0 Å². The fourth-order valence-electron chi connectivity index (χ4n) is 2.04. The van der Waals surface area contributed by atoms with Gasteiger partial charge in [-0.25, -0.2) is 0 Å². The number of rotatable bonds is 3. The average molecular weight is 327 g/mol. The van der Waals surface area contributed by atoms with Crippen LogP contribution in [0.25, 0.3) is 0 Å². The number of hydrogen-bond acceptors (Lipinski definition) is 5. The van der Waals surface area contributed by atoms with Crippen molar-refractivity contribution in [1.29, 1.82) is 0 Å². The van der Waals surface area contributed by atoms with Crippen molar-refractivity contribution in [2.75, 3.05) is 39.0 Å². The third-order valence-corrected chi connectivity index (χ3v) is 4.41. The van der Waals surface area contributed by atoms with Gasteiger partial charge in [0.1, 0.15) is 11.5 Å². The quantitative estimate of drug-likeness (QED) is 0.809. The molecule has 1 aromatic heterocycles. The van der Waals surface area contributed by atoms with E-state index in [1.54, 1.807) is 4.90 Å². The maximum absolute atomic E-state index is 12.6. The highest BCUT2D eigenvalue weighted by Crippen LogP contribution is 2.34. The van der Waals surface area contributed by atoms with Crippen molar-refractivity contribution < 1.29 is 19.5 Å². The number of nitrogens with zero attached hydrogens (tertiary/aromatic N) is 2. The molecule has 0 fully saturated rings. The fourth-order valence-corrected chi connectivity index (χ4v) is 3.11. The number of carbonyl (C=O) groups excluding carboxylic acids is 2. The molecule has 7 nitrogen and oxygen atoms in total. The molecule has 0 unspecified atom stereocenters. The first kappa shape index (κ1) is 18.1. The molecule has 8 heteroatoms. The van der Waals surface area contributed by atoms with E-state index in [2.05, 4.69) is 5.32 Å². The first-order valence-corrected chi connectivity index (χ1v) is 7.55. The van der Waals surface area contributed by atoms with E-state index in [0.29, 0.717) is 17.1 Å². The maximum atomic E-state index is 12.6. The van der Waals surface area contributed by atoms with Crippen LogP contribution >= 0.6 is 11.3 Å². The highest BCUT2D eigenvalue weighted by molar-refractivity contribution is 7.16. The van der Waals surface area contributed by atoms with Crippen LogP contribution in [0.3, 0.4) is 0 Å². The lowest BCUT2D eigenvalue weighted by Gasteiger charge is -2.21. The second-order valence-corrected chi connectivity index (χ2v) is 6.40. The number of carboxylic acid groups (broad SMARTS) is 1. The van der Waals surface area contributed by atoms with Gasteiger partial charge in [0, 0.05) is 18.0 Å². The van der Waals surface area contributed by atoms with Crippen molar-refractivity contribution in [2.24, 2.45) is 0 Å². The Labute approximate surface area is 133 Å². The fraction of sp³-hybridized carbons (Fsp3) is 0.500. The SMILES string of the molecule is Cc1sc2c(c1C)C(=O)N(CCN(C)C)CC(=O)N2.O=CO. The van der Waals surface area contributed by atoms with Crippen molar-refractivity contribution >= 4 is 34.6 Å². The zero-order chi connectivity index (χ0) is 16.9. The molecular weight excluding hydrogens is 306 g/mol. The van der Waals surface area contributed by atoms with Crippen molar-refractivity contribution in [2.45, 2.75) is 13.8 Å². The molecule has 0 atom stereocenters. The summed E-state index contributed by atoms with van der Waals surface area (Å²) in [6.45, 7) is 5.10. The van der Waals surface area contributed by atoms with E-state index in [-0.39, 0.29) is 24.8 Å². The Morgan fingerprint density at radius 3 is 2.50 bits per heavy atom. The standard InChI is InChI=1S/C13H19N3O2S.CH2O2/c1-8-9(2)19-12-11(8)13(18)16(6-5-15(3)4)7-10(17)14-12;2-1-3/h5-7H2,1-4H3,(H,14,17);1H,(H,2,3). The van der Waals surface area contributed by atoms with Gasteiger partial charge >= 0.3 is 0 Å². The van der Waals surface area contributed by atoms with Crippen LogP contribution in [-0.4, -0.2) is 66.9 Å². The number of carbonyl (C=O) groups is 3. The molecule has 0 aromatic carbocycles. The van der Waals surface area contributed by atoms with Gasteiger partial charge in [-0.15, -0.1) is 11.3 Å². The maximum Gasteiger partial charge on any atom is 0.290 e. The summed E-state index contributed by atoms with van der Waals surface area (Å²) in [6.07, 6.45) is 0. The third-order valence-electron chi connectivity index (χ3n) is 3.29. The minimum absolute atomic E-state index is 0.0444. The summed E-state index contributed by atoms with van der Waals surface area (Å²) in [5.41, 5.74) is 1.63. The van der Waals surface area contributed by atoms with Gasteiger partial charge in [-0.2, -0.15) is 0 Å². The van der Waals surface area contributed by atoms with E-state index in [4.69, 9.17) is 9.90 Å². The molecular formula is C14H21N3O4S. The van der Waals surface area contributed by atoms with Crippen LogP contribution in [0.1, 0.15) is 20.8 Å². The summed E-state index contributed by atoms with van der Waals surface area (Å²) in [6, 6.07) is 0. The number of likely N-dealkylation sites (N-methyl/N-ethyl adjacent to an activating group) is 1. The van der Waals surface area contributed by atoms with Gasteiger partial charge in [-0.3, -0.25) is 14.4 Å². The van der Waals surface area contributed by atoms with Gasteiger partial charge in [-0.05, 0) is 33.5 Å². The van der Waals surface area contributed by atoms with Gasteiger partial charge in [0.15, 0.2) is 0 Å². The number of anilines is 1. The van der Waals surface area contributed by atoms with E-state index in [0.717, 1.165) is 17.0 Å². The second kappa shape index (κ2) is 7.90. The van der Waals surface area contributed by atoms with Crippen LogP contribution in [-0.2, 0) is 9.59 Å². The molecule has 2 amide bonds. The lowest BCUT2D eigenvalue weighted by atomic mass is 10.1. The molecule has 2 rings (SSSR count). The Hall–Kier alpha value is -1.93. The molecule has 2 heterocycles. The molecule has 2 N–H and O–H groups in total. The first-order valence-electron chi connectivity index (χ1n) is 6.73. The van der Waals surface area contributed by atoms with Gasteiger partial charge in [0.25, 0.3) is 12.4 Å². The predicted molar refractivity (Wildman–Crippen MR) is 85.6 cm³/mol. The third kappa shape index (κ3) is 4.28. The van der Waals surface area contributed by atoms with Crippen LogP contribution in [0, 0.1) is 13.8 Å². The summed E-state index contributed by atoms with van der Waals surface area (Å²) < 4.78 is 0. The zero-order valence-electron chi connectivity index (χ0n) is 13.2. The summed E-state index contributed by atoms with van der Waals surface area (Å²) in [5, 5.41) is 10.4. The topological polar surface area (TPSA) is 90.0 Å². The lowest BCUT2D eigenvalue weighted by molar-refractivity contribution is -0.123. The van der Waals surface area contributed by atoms with Crippen molar-refractivity contribution in [3.05, 3.63) is 16.0 Å². The number of nitrogens with one attached hydrogen (secondary N) is 1. The Kier molecular flexibility index (Phi) is 6.51. The van der Waals surface area contributed by atoms with Gasteiger partial charge < -0.3 is 20.2 Å². The summed E-state index contributed by atoms with van der Waals surface area (Å²) in [7, 11) is 3.90. The Morgan fingerprint density at radius 1 is 1.36 bits per heavy atom. The molecule has 0 spiro atoms. The lowest BCUT2D eigenvalue weighted by Crippen LogP contribution is -2.39. The van der Waals surface area contributed by atoms with Crippen LogP contribution in [0.15, 0.2) is 0 Å². The van der Waals surface area contributed by atoms with Crippen molar-refractivity contribution in [1.82, 2.24) is 9.80 Å². The minimum atomic E-state index is -0.250. The monoisotopic (exact) mass is 327 g/mol. The van der Waals surface area contributed by atoms with E-state index in [1.165, 1.54) is 11.3 Å². The molecule has 1 aromatic rings. The van der Waals surface area contributed by atoms with Crippen LogP contribution < -0.4 is 5.32 Å². The molecule has 0 bridgehead atoms. The van der Waals surface area contributed by atoms with E-state index >= 15 is 0 Å². The molecule has 1 aliphatic heterocycles. The number of thiophene rings is 1. The minimum Gasteiger partial charge on any atom is -0.483 e. The number of hydrogen-bond donors (Lipinski definition) is 2. The van der Waals surface area contributed by atoms with E-state index in [1.807, 2.05) is 32.8 Å². The predicted octanol–water partition coefficient (Wildman–Crippen LogP) is 1.02. The highest BCUT2D eigenvalue weighted by atomic mass is 32.1. The zero-order valence-corrected chi connectivity index (χ0v) is 14.0. The molecule has 0 aliphatic carbocycles. The molecule has 22 heavy (non-hydrogen) atoms. The molecule has 0 saturated heterocycles. The second-order valence-electron chi connectivity index (χ2n) is 5.17. The van der Waals surface area contributed by atoms with Crippen LogP contribution in [0.4, 0.5) is 5.00 Å². The smallest absolute Gasteiger partial charge is 0.290 e. The summed E-state index contributed by atoms with van der Waals surface area (Å²) >= 11 is 1.47. The number of fused-ring (bicyclic) bond motifs is 1. The Balaban J connectivity index is 0.000000745. The van der Waals surface area contributed by atoms with Crippen LogP contribution in [0.5, 0.6) is 0 Å². The van der Waals surface area contributed by atoms with Gasteiger partial charge in [-0.1, -0.05) is 0 Å². The first-order chi connectivity index (χ1) is 10.3. The molecule has 0 saturated carbocycles. The number of aryl methyl sites for hydroxylation is 1. The van der Waals surface area contributed by atoms with Crippen molar-refractivity contribution in [3.8, 4) is 0 Å². The van der Waals surface area contributed by atoms with Gasteiger partial charge in [0.2, 0.25) is 5.91 Å². The largest absolute Gasteiger partial charge is 0.483 e. The number of amides is 2. The van der Waals surface area contributed by atoms with E-state index in [9.17, 15) is 9.59 Å². The summed E-state index contributed by atoms with van der Waals surface area (Å²) in [4.78, 5) is 37.5. The molecule has 1 aliphatic rings. The molecule has 0 radical (unpaired) electrons. The molecule has 122 valence electrons. The van der Waals surface area contributed by atoms with Crippen LogP contribution in [0.2, 0.25) is 0 Å². The summed E-state index contributed by atoms with van der Waals surface area (Å²) in [5.74, 6) is -0.163. The normalized spacial score (nSPS) is 14.0.